The third-order valence-corrected chi connectivity index (χ3v) is 8.31. The van der Waals surface area contributed by atoms with E-state index in [0.29, 0.717) is 6.04 Å². The average Bonchev–Trinajstić information content (AvgIpc) is 3.47. The molecule has 2 saturated heterocycles. The number of carbonyl (C=O) groups excluding carboxylic acids is 1. The van der Waals surface area contributed by atoms with Crippen molar-refractivity contribution in [3.63, 3.8) is 0 Å². The monoisotopic (exact) mass is 457 g/mol. The quantitative estimate of drug-likeness (QED) is 0.582. The number of aryl methyl sites for hydroxylation is 1. The van der Waals surface area contributed by atoms with Crippen LogP contribution < -0.4 is 4.90 Å². The fourth-order valence-electron chi connectivity index (χ4n) is 6.14. The number of hydrogen-bond donors (Lipinski definition) is 0. The van der Waals surface area contributed by atoms with E-state index < -0.39 is 0 Å². The van der Waals surface area contributed by atoms with Gasteiger partial charge in [0.15, 0.2) is 0 Å². The first-order valence-corrected chi connectivity index (χ1v) is 12.9. The topological polar surface area (TPSA) is 44.6 Å². The van der Waals surface area contributed by atoms with Gasteiger partial charge >= 0.3 is 0 Å². The molecule has 6 heteroatoms. The van der Waals surface area contributed by atoms with Crippen LogP contribution in [0.4, 0.5) is 5.82 Å². The molecule has 178 valence electrons. The van der Waals surface area contributed by atoms with Crippen molar-refractivity contribution in [2.45, 2.75) is 38.1 Å². The molecule has 0 N–H and O–H groups in total. The van der Waals surface area contributed by atoms with Crippen LogP contribution in [0.5, 0.6) is 0 Å². The molecule has 0 spiro atoms. The molecule has 6 rings (SSSR count). The molecule has 4 heterocycles. The number of benzene rings is 1. The van der Waals surface area contributed by atoms with Crippen molar-refractivity contribution < 1.29 is 4.79 Å². The summed E-state index contributed by atoms with van der Waals surface area (Å²) < 4.78 is 2.33. The zero-order valence-electron chi connectivity index (χ0n) is 20.2. The van der Waals surface area contributed by atoms with Crippen molar-refractivity contribution in [2.75, 3.05) is 44.2 Å². The number of anilines is 1. The first-order chi connectivity index (χ1) is 16.7. The summed E-state index contributed by atoms with van der Waals surface area (Å²) in [6.45, 7) is 5.72. The molecular formula is C28H35N5O. The Morgan fingerprint density at radius 3 is 2.53 bits per heavy atom. The lowest BCUT2D eigenvalue weighted by atomic mass is 10.0. The minimum Gasteiger partial charge on any atom is -0.354 e. The maximum atomic E-state index is 13.2. The highest BCUT2D eigenvalue weighted by Gasteiger charge is 2.36. The number of rotatable bonds is 5. The van der Waals surface area contributed by atoms with E-state index in [4.69, 9.17) is 0 Å². The second-order valence-electron chi connectivity index (χ2n) is 10.4. The summed E-state index contributed by atoms with van der Waals surface area (Å²) in [5.74, 6) is 2.06. The van der Waals surface area contributed by atoms with Crippen molar-refractivity contribution >= 4 is 22.6 Å². The van der Waals surface area contributed by atoms with Gasteiger partial charge in [-0.1, -0.05) is 31.7 Å². The van der Waals surface area contributed by atoms with Gasteiger partial charge in [0.25, 0.3) is 5.91 Å². The molecule has 6 nitrogen and oxygen atoms in total. The summed E-state index contributed by atoms with van der Waals surface area (Å²) in [4.78, 5) is 24.6. The summed E-state index contributed by atoms with van der Waals surface area (Å²) >= 11 is 0. The molecule has 34 heavy (non-hydrogen) atoms. The lowest BCUT2D eigenvalue weighted by Crippen LogP contribution is -2.64. The zero-order valence-corrected chi connectivity index (χ0v) is 20.2. The fourth-order valence-corrected chi connectivity index (χ4v) is 6.14. The Labute approximate surface area is 202 Å². The maximum absolute atomic E-state index is 13.2. The second kappa shape index (κ2) is 9.06. The SMILES string of the molecule is Cn1c(CC2CCCC2)cc2cc(C(=O)N3CC(N4CCN(c5ccccn5)CC4)C3)ccc21. The molecule has 3 aliphatic rings. The Balaban J connectivity index is 1.06. The number of fused-ring (bicyclic) bond motifs is 1. The van der Waals surface area contributed by atoms with Gasteiger partial charge in [-0.3, -0.25) is 9.69 Å². The number of nitrogens with zero attached hydrogens (tertiary/aromatic N) is 5. The molecule has 0 unspecified atom stereocenters. The van der Waals surface area contributed by atoms with Crippen LogP contribution in [-0.4, -0.2) is 70.6 Å². The number of likely N-dealkylation sites (tertiary alicyclic amines) is 1. The molecule has 2 aromatic heterocycles. The van der Waals surface area contributed by atoms with Crippen LogP contribution in [0.3, 0.4) is 0 Å². The van der Waals surface area contributed by atoms with Gasteiger partial charge in [-0.05, 0) is 48.7 Å². The van der Waals surface area contributed by atoms with Crippen LogP contribution in [0.25, 0.3) is 10.9 Å². The number of hydrogen-bond acceptors (Lipinski definition) is 4. The summed E-state index contributed by atoms with van der Waals surface area (Å²) in [5, 5.41) is 1.20. The highest BCUT2D eigenvalue weighted by Crippen LogP contribution is 2.30. The van der Waals surface area contributed by atoms with E-state index in [1.807, 2.05) is 29.3 Å². The first kappa shape index (κ1) is 21.7. The molecule has 1 amide bonds. The van der Waals surface area contributed by atoms with Crippen molar-refractivity contribution in [1.29, 1.82) is 0 Å². The molecule has 0 radical (unpaired) electrons. The number of amides is 1. The molecule has 0 bridgehead atoms. The third-order valence-electron chi connectivity index (χ3n) is 8.31. The van der Waals surface area contributed by atoms with Crippen LogP contribution in [-0.2, 0) is 13.5 Å². The summed E-state index contributed by atoms with van der Waals surface area (Å²) in [6.07, 6.45) is 8.50. The number of aromatic nitrogens is 2. The third kappa shape index (κ3) is 4.09. The van der Waals surface area contributed by atoms with Gasteiger partial charge in [-0.15, -0.1) is 0 Å². The van der Waals surface area contributed by atoms with E-state index in [-0.39, 0.29) is 5.91 Å². The summed E-state index contributed by atoms with van der Waals surface area (Å²) in [6, 6.07) is 15.1. The predicted octanol–water partition coefficient (Wildman–Crippen LogP) is 3.95. The smallest absolute Gasteiger partial charge is 0.253 e. The van der Waals surface area contributed by atoms with E-state index in [1.54, 1.807) is 0 Å². The highest BCUT2D eigenvalue weighted by molar-refractivity contribution is 5.98. The van der Waals surface area contributed by atoms with E-state index in [9.17, 15) is 4.79 Å². The lowest BCUT2D eigenvalue weighted by molar-refractivity contribution is 0.0246. The van der Waals surface area contributed by atoms with Crippen molar-refractivity contribution in [1.82, 2.24) is 19.4 Å². The molecule has 3 fully saturated rings. The lowest BCUT2D eigenvalue weighted by Gasteiger charge is -2.48. The fraction of sp³-hybridized carbons (Fsp3) is 0.500. The molecule has 2 aliphatic heterocycles. The van der Waals surface area contributed by atoms with Crippen LogP contribution >= 0.6 is 0 Å². The Morgan fingerprint density at radius 2 is 1.79 bits per heavy atom. The summed E-state index contributed by atoms with van der Waals surface area (Å²) in [7, 11) is 2.17. The van der Waals surface area contributed by atoms with E-state index in [2.05, 4.69) is 50.7 Å². The molecule has 1 aliphatic carbocycles. The largest absolute Gasteiger partial charge is 0.354 e. The van der Waals surface area contributed by atoms with Gasteiger partial charge < -0.3 is 14.4 Å². The molecule has 0 atom stereocenters. The van der Waals surface area contributed by atoms with Gasteiger partial charge in [0.05, 0.1) is 0 Å². The second-order valence-corrected chi connectivity index (χ2v) is 10.4. The number of piperazine rings is 1. The minimum absolute atomic E-state index is 0.173. The van der Waals surface area contributed by atoms with Gasteiger partial charge in [0, 0.05) is 80.7 Å². The van der Waals surface area contributed by atoms with Crippen molar-refractivity contribution in [2.24, 2.45) is 13.0 Å². The van der Waals surface area contributed by atoms with Gasteiger partial charge in [-0.2, -0.15) is 0 Å². The van der Waals surface area contributed by atoms with Crippen molar-refractivity contribution in [3.8, 4) is 0 Å². The summed E-state index contributed by atoms with van der Waals surface area (Å²) in [5.41, 5.74) is 3.46. The minimum atomic E-state index is 0.173. The van der Waals surface area contributed by atoms with E-state index in [0.717, 1.165) is 63.0 Å². The van der Waals surface area contributed by atoms with Crippen LogP contribution in [0.2, 0.25) is 0 Å². The Kier molecular flexibility index (Phi) is 5.77. The van der Waals surface area contributed by atoms with Crippen molar-refractivity contribution in [3.05, 3.63) is 59.9 Å². The predicted molar refractivity (Wildman–Crippen MR) is 136 cm³/mol. The average molecular weight is 458 g/mol. The number of pyridine rings is 1. The van der Waals surface area contributed by atoms with Crippen LogP contribution in [0, 0.1) is 5.92 Å². The molecular weight excluding hydrogens is 422 g/mol. The van der Waals surface area contributed by atoms with Crippen LogP contribution in [0.1, 0.15) is 41.7 Å². The van der Waals surface area contributed by atoms with Crippen LogP contribution in [0.15, 0.2) is 48.7 Å². The molecule has 1 aromatic carbocycles. The normalized spacial score (nSPS) is 20.3. The number of carbonyl (C=O) groups is 1. The Hall–Kier alpha value is -2.86. The van der Waals surface area contributed by atoms with Gasteiger partial charge in [0.2, 0.25) is 0 Å². The van der Waals surface area contributed by atoms with Gasteiger partial charge in [-0.25, -0.2) is 4.98 Å². The molecule has 1 saturated carbocycles. The Morgan fingerprint density at radius 1 is 1.00 bits per heavy atom. The maximum Gasteiger partial charge on any atom is 0.253 e. The van der Waals surface area contributed by atoms with Gasteiger partial charge in [0.1, 0.15) is 5.82 Å². The zero-order chi connectivity index (χ0) is 23.1. The highest BCUT2D eigenvalue weighted by atomic mass is 16.2. The Bertz CT molecular complexity index is 1150. The van der Waals surface area contributed by atoms with E-state index >= 15 is 0 Å². The van der Waals surface area contributed by atoms with E-state index in [1.165, 1.54) is 42.3 Å². The standard InChI is InChI=1S/C28H35N5O/c1-30-24(16-21-6-2-3-7-21)18-23-17-22(9-10-26(23)30)28(34)33-19-25(20-33)31-12-14-32(15-13-31)27-8-4-5-11-29-27/h4-5,8-11,17-18,21,25H,2-3,6-7,12-16,19-20H2,1H3. The molecule has 3 aromatic rings. The first-order valence-electron chi connectivity index (χ1n) is 12.9.